The maximum absolute atomic E-state index is 9.89. The zero-order valence-corrected chi connectivity index (χ0v) is 10.3. The molecular weight excluding hydrogens is 212 g/mol. The van der Waals surface area contributed by atoms with Crippen molar-refractivity contribution in [1.29, 1.82) is 0 Å². The molecule has 0 heterocycles. The molecule has 0 bridgehead atoms. The first-order chi connectivity index (χ1) is 6.97. The van der Waals surface area contributed by atoms with Gasteiger partial charge in [0.1, 0.15) is 5.75 Å². The molecule has 0 saturated carbocycles. The Balaban J connectivity index is 3.15. The fraction of sp³-hybridized carbons (Fsp3) is 0.500. The normalized spacial score (nSPS) is 14.8. The quantitative estimate of drug-likeness (QED) is 0.806. The van der Waals surface area contributed by atoms with Crippen LogP contribution < -0.4 is 4.74 Å². The fourth-order valence-corrected chi connectivity index (χ4v) is 1.73. The first kappa shape index (κ1) is 12.3. The number of halogens is 1. The minimum absolute atomic E-state index is 0.295. The second-order valence-electron chi connectivity index (χ2n) is 3.80. The summed E-state index contributed by atoms with van der Waals surface area (Å²) in [6.07, 6.45) is -0.628. The van der Waals surface area contributed by atoms with Gasteiger partial charge in [0.25, 0.3) is 0 Å². The van der Waals surface area contributed by atoms with Crippen LogP contribution in [0.25, 0.3) is 0 Å². The van der Waals surface area contributed by atoms with Crippen molar-refractivity contribution < 1.29 is 9.84 Å². The van der Waals surface area contributed by atoms with Crippen LogP contribution >= 0.6 is 11.6 Å². The van der Waals surface area contributed by atoms with Gasteiger partial charge in [-0.25, -0.2) is 0 Å². The van der Waals surface area contributed by atoms with E-state index in [1.54, 1.807) is 14.0 Å². The molecule has 1 aromatic carbocycles. The van der Waals surface area contributed by atoms with Gasteiger partial charge >= 0.3 is 0 Å². The molecule has 0 aliphatic rings. The molecule has 0 radical (unpaired) electrons. The molecule has 84 valence electrons. The highest BCUT2D eigenvalue weighted by Gasteiger charge is 2.17. The highest BCUT2D eigenvalue weighted by Crippen LogP contribution is 2.29. The lowest BCUT2D eigenvalue weighted by molar-refractivity contribution is 0.176. The molecule has 2 unspecified atom stereocenters. The van der Waals surface area contributed by atoms with Crippen molar-refractivity contribution in [3.63, 3.8) is 0 Å². The van der Waals surface area contributed by atoms with Crippen LogP contribution in [0.3, 0.4) is 0 Å². The summed E-state index contributed by atoms with van der Waals surface area (Å²) in [5, 5.41) is 9.60. The Morgan fingerprint density at radius 2 is 1.87 bits per heavy atom. The summed E-state index contributed by atoms with van der Waals surface area (Å²) in [7, 11) is 1.64. The minimum atomic E-state index is -0.628. The van der Waals surface area contributed by atoms with Crippen LogP contribution in [-0.2, 0) is 0 Å². The minimum Gasteiger partial charge on any atom is -0.496 e. The lowest BCUT2D eigenvalue weighted by Crippen LogP contribution is -2.10. The molecule has 2 nitrogen and oxygen atoms in total. The van der Waals surface area contributed by atoms with Gasteiger partial charge in [0.15, 0.2) is 0 Å². The molecule has 3 heteroatoms. The third kappa shape index (κ3) is 2.64. The Kier molecular flexibility index (Phi) is 4.00. The van der Waals surface area contributed by atoms with Crippen LogP contribution in [0.5, 0.6) is 5.75 Å². The van der Waals surface area contributed by atoms with Crippen molar-refractivity contribution in [2.24, 2.45) is 0 Å². The van der Waals surface area contributed by atoms with Crippen molar-refractivity contribution in [3.05, 3.63) is 28.8 Å². The molecule has 1 N–H and O–H groups in total. The van der Waals surface area contributed by atoms with E-state index in [1.807, 2.05) is 26.0 Å². The SMILES string of the molecule is COc1cc(C)c(C(O)C(C)Cl)cc1C. The van der Waals surface area contributed by atoms with E-state index >= 15 is 0 Å². The number of rotatable bonds is 3. The van der Waals surface area contributed by atoms with E-state index in [2.05, 4.69) is 0 Å². The lowest BCUT2D eigenvalue weighted by Gasteiger charge is -2.18. The third-order valence-corrected chi connectivity index (χ3v) is 2.78. The zero-order valence-electron chi connectivity index (χ0n) is 9.54. The second kappa shape index (κ2) is 4.86. The molecule has 0 aromatic heterocycles. The molecule has 0 aliphatic heterocycles. The standard InChI is InChI=1S/C12H17ClO2/c1-7-6-11(15-4)8(2)5-10(7)12(14)9(3)13/h5-6,9,12,14H,1-4H3. The Morgan fingerprint density at radius 3 is 2.33 bits per heavy atom. The molecule has 0 saturated heterocycles. The van der Waals surface area contributed by atoms with Gasteiger partial charge in [-0.15, -0.1) is 11.6 Å². The van der Waals surface area contributed by atoms with Crippen molar-refractivity contribution >= 4 is 11.6 Å². The summed E-state index contributed by atoms with van der Waals surface area (Å²) in [6, 6.07) is 3.85. The third-order valence-electron chi connectivity index (χ3n) is 2.54. The summed E-state index contributed by atoms with van der Waals surface area (Å²) in [4.78, 5) is 0. The van der Waals surface area contributed by atoms with Crippen molar-refractivity contribution in [2.45, 2.75) is 32.3 Å². The van der Waals surface area contributed by atoms with Gasteiger partial charge < -0.3 is 9.84 Å². The smallest absolute Gasteiger partial charge is 0.122 e. The van der Waals surface area contributed by atoms with E-state index in [0.717, 1.165) is 22.4 Å². The fourth-order valence-electron chi connectivity index (χ4n) is 1.60. The van der Waals surface area contributed by atoms with Gasteiger partial charge in [-0.05, 0) is 49.6 Å². The Hall–Kier alpha value is -0.730. The van der Waals surface area contributed by atoms with E-state index in [9.17, 15) is 5.11 Å². The van der Waals surface area contributed by atoms with Crippen LogP contribution in [0.2, 0.25) is 0 Å². The number of benzene rings is 1. The van der Waals surface area contributed by atoms with Crippen LogP contribution in [0.15, 0.2) is 12.1 Å². The van der Waals surface area contributed by atoms with Gasteiger partial charge in [-0.1, -0.05) is 0 Å². The largest absolute Gasteiger partial charge is 0.496 e. The van der Waals surface area contributed by atoms with Gasteiger partial charge in [0.05, 0.1) is 18.6 Å². The van der Waals surface area contributed by atoms with E-state index in [0.29, 0.717) is 0 Å². The predicted octanol–water partition coefficient (Wildman–Crippen LogP) is 2.97. The highest BCUT2D eigenvalue weighted by molar-refractivity contribution is 6.20. The molecule has 1 rings (SSSR count). The Bertz CT molecular complexity index is 348. The van der Waals surface area contributed by atoms with E-state index in [1.165, 1.54) is 0 Å². The predicted molar refractivity (Wildman–Crippen MR) is 62.7 cm³/mol. The number of ether oxygens (including phenoxy) is 1. The summed E-state index contributed by atoms with van der Waals surface area (Å²) < 4.78 is 5.21. The maximum Gasteiger partial charge on any atom is 0.122 e. The molecule has 0 aliphatic carbocycles. The summed E-state index contributed by atoms with van der Waals surface area (Å²) in [5.74, 6) is 0.839. The molecule has 0 amide bonds. The number of aryl methyl sites for hydroxylation is 2. The average molecular weight is 229 g/mol. The summed E-state index contributed by atoms with van der Waals surface area (Å²) in [5.41, 5.74) is 2.88. The first-order valence-electron chi connectivity index (χ1n) is 4.94. The van der Waals surface area contributed by atoms with Crippen molar-refractivity contribution in [2.75, 3.05) is 7.11 Å². The van der Waals surface area contributed by atoms with Crippen molar-refractivity contribution in [1.82, 2.24) is 0 Å². The highest BCUT2D eigenvalue weighted by atomic mass is 35.5. The average Bonchev–Trinajstić information content (AvgIpc) is 2.19. The monoisotopic (exact) mass is 228 g/mol. The number of hydrogen-bond donors (Lipinski definition) is 1. The lowest BCUT2D eigenvalue weighted by atomic mass is 9.98. The Morgan fingerprint density at radius 1 is 1.27 bits per heavy atom. The molecule has 2 atom stereocenters. The van der Waals surface area contributed by atoms with Crippen LogP contribution in [0.4, 0.5) is 0 Å². The molecular formula is C12H17ClO2. The molecule has 0 spiro atoms. The topological polar surface area (TPSA) is 29.5 Å². The number of aliphatic hydroxyl groups is 1. The van der Waals surface area contributed by atoms with Crippen molar-refractivity contribution in [3.8, 4) is 5.75 Å². The van der Waals surface area contributed by atoms with Crippen LogP contribution in [0.1, 0.15) is 29.7 Å². The summed E-state index contributed by atoms with van der Waals surface area (Å²) in [6.45, 7) is 5.68. The van der Waals surface area contributed by atoms with E-state index in [4.69, 9.17) is 16.3 Å². The van der Waals surface area contributed by atoms with E-state index < -0.39 is 6.10 Å². The van der Waals surface area contributed by atoms with Gasteiger partial charge in [-0.3, -0.25) is 0 Å². The van der Waals surface area contributed by atoms with Crippen LogP contribution in [0, 0.1) is 13.8 Å². The zero-order chi connectivity index (χ0) is 11.6. The number of alkyl halides is 1. The Labute approximate surface area is 95.8 Å². The number of hydrogen-bond acceptors (Lipinski definition) is 2. The first-order valence-corrected chi connectivity index (χ1v) is 5.38. The van der Waals surface area contributed by atoms with E-state index in [-0.39, 0.29) is 5.38 Å². The molecule has 1 aromatic rings. The second-order valence-corrected chi connectivity index (χ2v) is 4.49. The van der Waals surface area contributed by atoms with Gasteiger partial charge in [-0.2, -0.15) is 0 Å². The van der Waals surface area contributed by atoms with Crippen LogP contribution in [-0.4, -0.2) is 17.6 Å². The van der Waals surface area contributed by atoms with Gasteiger partial charge in [0.2, 0.25) is 0 Å². The summed E-state index contributed by atoms with van der Waals surface area (Å²) >= 11 is 5.88. The molecule has 15 heavy (non-hydrogen) atoms. The number of aliphatic hydroxyl groups excluding tert-OH is 1. The van der Waals surface area contributed by atoms with Gasteiger partial charge in [0, 0.05) is 0 Å². The number of methoxy groups -OCH3 is 1. The molecule has 0 fully saturated rings. The maximum atomic E-state index is 9.89.